The van der Waals surface area contributed by atoms with Crippen LogP contribution in [0.1, 0.15) is 5.82 Å². The van der Waals surface area contributed by atoms with Crippen LogP contribution in [0.3, 0.4) is 0 Å². The van der Waals surface area contributed by atoms with Crippen LogP contribution >= 0.6 is 0 Å². The van der Waals surface area contributed by atoms with E-state index in [4.69, 9.17) is 4.74 Å². The fourth-order valence-electron chi connectivity index (χ4n) is 3.68. The average molecular weight is 414 g/mol. The Bertz CT molecular complexity index is 1300. The van der Waals surface area contributed by atoms with Crippen molar-refractivity contribution in [3.8, 4) is 22.5 Å². The molecular formula is C22H22N8O. The second kappa shape index (κ2) is 8.49. The average Bonchev–Trinajstić information content (AvgIpc) is 3.55. The summed E-state index contributed by atoms with van der Waals surface area (Å²) in [6.45, 7) is 2.13. The highest BCUT2D eigenvalue weighted by Gasteiger charge is 2.12. The van der Waals surface area contributed by atoms with Crippen molar-refractivity contribution in [2.45, 2.75) is 19.5 Å². The number of benzene rings is 1. The van der Waals surface area contributed by atoms with Crippen LogP contribution in [0.2, 0.25) is 0 Å². The lowest BCUT2D eigenvalue weighted by Crippen LogP contribution is -2.11. The molecule has 0 amide bonds. The topological polar surface area (TPSA) is 88.0 Å². The molecule has 31 heavy (non-hydrogen) atoms. The number of hydrogen-bond donors (Lipinski definition) is 0. The van der Waals surface area contributed by atoms with E-state index in [1.807, 2.05) is 41.5 Å². The fourth-order valence-corrected chi connectivity index (χ4v) is 3.68. The second-order valence-electron chi connectivity index (χ2n) is 7.15. The molecule has 0 unspecified atom stereocenters. The molecule has 9 nitrogen and oxygen atoms in total. The van der Waals surface area contributed by atoms with E-state index in [2.05, 4.69) is 48.0 Å². The molecular weight excluding hydrogens is 392 g/mol. The quantitative estimate of drug-likeness (QED) is 0.388. The molecule has 0 saturated carbocycles. The molecule has 0 spiro atoms. The van der Waals surface area contributed by atoms with Crippen molar-refractivity contribution >= 4 is 5.65 Å². The Kier molecular flexibility index (Phi) is 5.24. The minimum atomic E-state index is 0.632. The number of ether oxygens (including phenoxy) is 1. The van der Waals surface area contributed by atoms with Gasteiger partial charge in [0, 0.05) is 62.5 Å². The maximum atomic E-state index is 5.16. The molecule has 156 valence electrons. The minimum absolute atomic E-state index is 0.632. The van der Waals surface area contributed by atoms with Crippen LogP contribution < -0.4 is 0 Å². The third-order valence-corrected chi connectivity index (χ3v) is 5.23. The van der Waals surface area contributed by atoms with E-state index in [0.717, 1.165) is 53.5 Å². The standard InChI is InChI=1S/C22H22N8O/c1-31-13-12-29-16-25-27-20(29)6-10-28-11-8-24-21(28)18-5-2-4-17(14-18)19-15-26-30-9-3-7-23-22(19)30/h2-5,7-9,11,14-16H,6,10,12-13H2,1H3. The fraction of sp³-hybridized carbons (Fsp3) is 0.227. The van der Waals surface area contributed by atoms with Crippen LogP contribution in [0.15, 0.2) is 67.6 Å². The number of fused-ring (bicyclic) bond motifs is 1. The van der Waals surface area contributed by atoms with Gasteiger partial charge in [0.1, 0.15) is 18.0 Å². The lowest BCUT2D eigenvalue weighted by molar-refractivity contribution is 0.186. The molecule has 0 atom stereocenters. The summed E-state index contributed by atoms with van der Waals surface area (Å²) >= 11 is 0. The first-order chi connectivity index (χ1) is 15.3. The normalized spacial score (nSPS) is 11.4. The Morgan fingerprint density at radius 1 is 0.968 bits per heavy atom. The number of methoxy groups -OCH3 is 1. The Morgan fingerprint density at radius 2 is 1.90 bits per heavy atom. The summed E-state index contributed by atoms with van der Waals surface area (Å²) in [6, 6.07) is 10.2. The Morgan fingerprint density at radius 3 is 2.84 bits per heavy atom. The van der Waals surface area contributed by atoms with Gasteiger partial charge in [-0.05, 0) is 17.7 Å². The highest BCUT2D eigenvalue weighted by atomic mass is 16.5. The van der Waals surface area contributed by atoms with E-state index in [1.165, 1.54) is 0 Å². The monoisotopic (exact) mass is 414 g/mol. The third-order valence-electron chi connectivity index (χ3n) is 5.23. The molecule has 0 aliphatic rings. The molecule has 0 radical (unpaired) electrons. The predicted octanol–water partition coefficient (Wildman–Crippen LogP) is 2.74. The van der Waals surface area contributed by atoms with Crippen molar-refractivity contribution in [2.75, 3.05) is 13.7 Å². The zero-order chi connectivity index (χ0) is 21.0. The molecule has 0 aliphatic heterocycles. The number of hydrogen-bond acceptors (Lipinski definition) is 6. The number of aromatic nitrogens is 8. The minimum Gasteiger partial charge on any atom is -0.383 e. The van der Waals surface area contributed by atoms with Crippen LogP contribution in [-0.4, -0.2) is 52.6 Å². The summed E-state index contributed by atoms with van der Waals surface area (Å²) in [5.41, 5.74) is 3.92. The largest absolute Gasteiger partial charge is 0.383 e. The molecule has 0 aliphatic carbocycles. The summed E-state index contributed by atoms with van der Waals surface area (Å²) < 4.78 is 11.1. The van der Waals surface area contributed by atoms with Crippen LogP contribution in [0.5, 0.6) is 0 Å². The van der Waals surface area contributed by atoms with Crippen molar-refractivity contribution in [1.82, 2.24) is 38.9 Å². The van der Waals surface area contributed by atoms with E-state index in [-0.39, 0.29) is 0 Å². The number of nitrogens with zero attached hydrogens (tertiary/aromatic N) is 8. The zero-order valence-electron chi connectivity index (χ0n) is 17.2. The van der Waals surface area contributed by atoms with E-state index >= 15 is 0 Å². The van der Waals surface area contributed by atoms with Crippen LogP contribution in [0, 0.1) is 0 Å². The number of imidazole rings is 1. The van der Waals surface area contributed by atoms with Crippen molar-refractivity contribution in [3.05, 3.63) is 73.5 Å². The Labute approximate surface area is 179 Å². The van der Waals surface area contributed by atoms with E-state index < -0.39 is 0 Å². The zero-order valence-corrected chi connectivity index (χ0v) is 17.2. The van der Waals surface area contributed by atoms with Gasteiger partial charge >= 0.3 is 0 Å². The molecule has 4 aromatic heterocycles. The van der Waals surface area contributed by atoms with Crippen LogP contribution in [-0.2, 0) is 24.2 Å². The summed E-state index contributed by atoms with van der Waals surface area (Å²) in [6.07, 6.45) is 11.8. The summed E-state index contributed by atoms with van der Waals surface area (Å²) in [5, 5.41) is 12.7. The number of aryl methyl sites for hydroxylation is 2. The maximum Gasteiger partial charge on any atom is 0.162 e. The van der Waals surface area contributed by atoms with Gasteiger partial charge in [-0.15, -0.1) is 10.2 Å². The van der Waals surface area contributed by atoms with Gasteiger partial charge in [0.25, 0.3) is 0 Å². The van der Waals surface area contributed by atoms with Gasteiger partial charge in [-0.2, -0.15) is 5.10 Å². The summed E-state index contributed by atoms with van der Waals surface area (Å²) in [7, 11) is 1.69. The number of rotatable bonds is 8. The van der Waals surface area contributed by atoms with Gasteiger partial charge in [-0.25, -0.2) is 14.5 Å². The van der Waals surface area contributed by atoms with E-state index in [1.54, 1.807) is 24.1 Å². The van der Waals surface area contributed by atoms with Crippen molar-refractivity contribution in [2.24, 2.45) is 0 Å². The lowest BCUT2D eigenvalue weighted by atomic mass is 10.1. The van der Waals surface area contributed by atoms with Gasteiger partial charge in [0.15, 0.2) is 5.65 Å². The van der Waals surface area contributed by atoms with Gasteiger partial charge in [-0.3, -0.25) is 0 Å². The van der Waals surface area contributed by atoms with E-state index in [9.17, 15) is 0 Å². The van der Waals surface area contributed by atoms with Crippen molar-refractivity contribution in [3.63, 3.8) is 0 Å². The predicted molar refractivity (Wildman–Crippen MR) is 115 cm³/mol. The molecule has 1 aromatic carbocycles. The smallest absolute Gasteiger partial charge is 0.162 e. The van der Waals surface area contributed by atoms with Gasteiger partial charge in [0.2, 0.25) is 0 Å². The van der Waals surface area contributed by atoms with Crippen LogP contribution in [0.25, 0.3) is 28.2 Å². The summed E-state index contributed by atoms with van der Waals surface area (Å²) in [4.78, 5) is 9.08. The molecule has 0 saturated heterocycles. The molecule has 0 bridgehead atoms. The van der Waals surface area contributed by atoms with Crippen molar-refractivity contribution < 1.29 is 4.74 Å². The van der Waals surface area contributed by atoms with Gasteiger partial charge < -0.3 is 13.9 Å². The first-order valence-electron chi connectivity index (χ1n) is 10.1. The molecule has 4 heterocycles. The SMILES string of the molecule is COCCn1cnnc1CCn1ccnc1-c1cccc(-c2cnn3cccnc23)c1. The first-order valence-corrected chi connectivity index (χ1v) is 10.1. The molecule has 0 N–H and O–H groups in total. The summed E-state index contributed by atoms with van der Waals surface area (Å²) in [5.74, 6) is 1.84. The molecule has 5 aromatic rings. The third kappa shape index (κ3) is 3.82. The second-order valence-corrected chi connectivity index (χ2v) is 7.15. The van der Waals surface area contributed by atoms with Crippen LogP contribution in [0.4, 0.5) is 0 Å². The van der Waals surface area contributed by atoms with Gasteiger partial charge in [-0.1, -0.05) is 18.2 Å². The lowest BCUT2D eigenvalue weighted by Gasteiger charge is -2.10. The highest BCUT2D eigenvalue weighted by molar-refractivity contribution is 5.79. The first kappa shape index (κ1) is 19.1. The molecule has 9 heteroatoms. The van der Waals surface area contributed by atoms with E-state index in [0.29, 0.717) is 6.61 Å². The molecule has 0 fully saturated rings. The van der Waals surface area contributed by atoms with Crippen molar-refractivity contribution in [1.29, 1.82) is 0 Å². The van der Waals surface area contributed by atoms with Gasteiger partial charge in [0.05, 0.1) is 12.8 Å². The molecule has 5 rings (SSSR count). The Balaban J connectivity index is 1.40. The highest BCUT2D eigenvalue weighted by Crippen LogP contribution is 2.27. The maximum absolute atomic E-state index is 5.16. The Hall–Kier alpha value is -3.85.